The van der Waals surface area contributed by atoms with Crippen LogP contribution in [0.1, 0.15) is 25.7 Å². The van der Waals surface area contributed by atoms with E-state index in [9.17, 15) is 14.9 Å². The Balaban J connectivity index is 1.95. The Morgan fingerprint density at radius 2 is 2.19 bits per heavy atom. The summed E-state index contributed by atoms with van der Waals surface area (Å²) in [5.74, 6) is 0.189. The van der Waals surface area contributed by atoms with E-state index < -0.39 is 11.0 Å². The second-order valence-corrected chi connectivity index (χ2v) is 5.16. The van der Waals surface area contributed by atoms with Gasteiger partial charge in [-0.1, -0.05) is 12.5 Å². The Bertz CT molecular complexity index is 521. The van der Waals surface area contributed by atoms with E-state index in [0.29, 0.717) is 12.2 Å². The van der Waals surface area contributed by atoms with Crippen LogP contribution in [0.25, 0.3) is 0 Å². The fourth-order valence-corrected chi connectivity index (χ4v) is 2.58. The molecular formula is C14H19N3O4. The van der Waals surface area contributed by atoms with Crippen molar-refractivity contribution in [2.75, 3.05) is 11.9 Å². The largest absolute Gasteiger partial charge is 0.446 e. The first-order valence-corrected chi connectivity index (χ1v) is 7.02. The highest BCUT2D eigenvalue weighted by Crippen LogP contribution is 2.26. The van der Waals surface area contributed by atoms with Crippen molar-refractivity contribution >= 4 is 17.5 Å². The predicted molar refractivity (Wildman–Crippen MR) is 78.0 cm³/mol. The smallest absolute Gasteiger partial charge is 0.411 e. The molecule has 114 valence electrons. The molecule has 0 aromatic heterocycles. The number of nitro benzene ring substituents is 1. The van der Waals surface area contributed by atoms with Gasteiger partial charge in [0, 0.05) is 18.1 Å². The predicted octanol–water partition coefficient (Wildman–Crippen LogP) is 2.66. The van der Waals surface area contributed by atoms with E-state index in [0.717, 1.165) is 25.7 Å². The molecule has 0 spiro atoms. The maximum Gasteiger partial charge on any atom is 0.411 e. The molecule has 1 aliphatic rings. The first-order valence-electron chi connectivity index (χ1n) is 7.02. The van der Waals surface area contributed by atoms with Crippen LogP contribution in [0.5, 0.6) is 0 Å². The lowest BCUT2D eigenvalue weighted by atomic mass is 9.86. The molecule has 0 heterocycles. The Labute approximate surface area is 122 Å². The van der Waals surface area contributed by atoms with Crippen molar-refractivity contribution in [1.82, 2.24) is 0 Å². The average molecular weight is 293 g/mol. The number of amides is 1. The zero-order valence-electron chi connectivity index (χ0n) is 11.7. The van der Waals surface area contributed by atoms with Gasteiger partial charge in [-0.25, -0.2) is 4.79 Å². The van der Waals surface area contributed by atoms with Crippen molar-refractivity contribution in [2.45, 2.75) is 31.8 Å². The van der Waals surface area contributed by atoms with Gasteiger partial charge in [0.05, 0.1) is 10.6 Å². The number of ether oxygens (including phenoxy) is 1. The minimum Gasteiger partial charge on any atom is -0.446 e. The molecule has 2 rings (SSSR count). The van der Waals surface area contributed by atoms with Crippen molar-refractivity contribution in [3.8, 4) is 0 Å². The van der Waals surface area contributed by atoms with Crippen LogP contribution in [-0.2, 0) is 4.74 Å². The molecule has 1 saturated carbocycles. The molecule has 2 atom stereocenters. The summed E-state index contributed by atoms with van der Waals surface area (Å²) in [4.78, 5) is 22.1. The number of nitrogens with two attached hydrogens (primary N) is 1. The molecule has 0 radical (unpaired) electrons. The molecule has 1 aliphatic carbocycles. The fraction of sp³-hybridized carbons (Fsp3) is 0.500. The summed E-state index contributed by atoms with van der Waals surface area (Å²) in [5, 5.41) is 13.2. The quantitative estimate of drug-likeness (QED) is 0.655. The van der Waals surface area contributed by atoms with Crippen LogP contribution in [0.2, 0.25) is 0 Å². The molecule has 1 aromatic rings. The van der Waals surface area contributed by atoms with Crippen LogP contribution in [0.3, 0.4) is 0 Å². The van der Waals surface area contributed by atoms with E-state index in [1.54, 1.807) is 6.07 Å². The van der Waals surface area contributed by atoms with E-state index in [1.807, 2.05) is 0 Å². The lowest BCUT2D eigenvalue weighted by Gasteiger charge is -2.30. The molecule has 7 nitrogen and oxygen atoms in total. The van der Waals surface area contributed by atoms with E-state index in [1.165, 1.54) is 18.2 Å². The van der Waals surface area contributed by atoms with Gasteiger partial charge in [-0.2, -0.15) is 0 Å². The molecule has 3 N–H and O–H groups in total. The summed E-state index contributed by atoms with van der Waals surface area (Å²) in [6, 6.07) is 5.75. The van der Waals surface area contributed by atoms with Gasteiger partial charge < -0.3 is 10.5 Å². The van der Waals surface area contributed by atoms with E-state index in [4.69, 9.17) is 10.5 Å². The van der Waals surface area contributed by atoms with Crippen molar-refractivity contribution in [3.63, 3.8) is 0 Å². The summed E-state index contributed by atoms with van der Waals surface area (Å²) in [5.41, 5.74) is 5.95. The number of rotatable bonds is 4. The normalized spacial score (nSPS) is 21.6. The minimum atomic E-state index is -0.596. The summed E-state index contributed by atoms with van der Waals surface area (Å²) in [6.45, 7) is 0.495. The number of hydrogen-bond donors (Lipinski definition) is 2. The van der Waals surface area contributed by atoms with Gasteiger partial charge in [-0.3, -0.25) is 15.4 Å². The van der Waals surface area contributed by atoms with Crippen molar-refractivity contribution in [1.29, 1.82) is 0 Å². The zero-order chi connectivity index (χ0) is 15.2. The highest BCUT2D eigenvalue weighted by molar-refractivity contribution is 5.85. The molecule has 1 aromatic carbocycles. The van der Waals surface area contributed by atoms with E-state index in [-0.39, 0.29) is 17.7 Å². The van der Waals surface area contributed by atoms with Crippen LogP contribution >= 0.6 is 0 Å². The molecule has 1 fully saturated rings. The van der Waals surface area contributed by atoms with Crippen LogP contribution in [0.4, 0.5) is 16.2 Å². The number of nitro groups is 1. The number of nitrogens with one attached hydrogen (secondary N) is 1. The van der Waals surface area contributed by atoms with Crippen LogP contribution in [-0.4, -0.2) is 23.7 Å². The van der Waals surface area contributed by atoms with Gasteiger partial charge in [0.1, 0.15) is 6.10 Å². The lowest BCUT2D eigenvalue weighted by Crippen LogP contribution is -2.35. The standard InChI is InChI=1S/C14H19N3O4/c15-9-10-4-1-2-7-13(10)21-14(18)16-11-5-3-6-12(8-11)17(19)20/h3,5-6,8,10,13H,1-2,4,7,9,15H2,(H,16,18). The molecule has 0 aliphatic heterocycles. The number of nitrogens with zero attached hydrogens (tertiary/aromatic N) is 1. The third kappa shape index (κ3) is 4.16. The van der Waals surface area contributed by atoms with Crippen LogP contribution < -0.4 is 11.1 Å². The van der Waals surface area contributed by atoms with Gasteiger partial charge in [0.25, 0.3) is 5.69 Å². The number of carbonyl (C=O) groups excluding carboxylic acids is 1. The number of benzene rings is 1. The molecule has 0 bridgehead atoms. The Hall–Kier alpha value is -2.15. The van der Waals surface area contributed by atoms with Crippen LogP contribution in [0, 0.1) is 16.0 Å². The number of carbonyl (C=O) groups is 1. The summed E-state index contributed by atoms with van der Waals surface area (Å²) >= 11 is 0. The third-order valence-corrected chi connectivity index (χ3v) is 3.70. The fourth-order valence-electron chi connectivity index (χ4n) is 2.58. The topological polar surface area (TPSA) is 107 Å². The number of non-ortho nitro benzene ring substituents is 1. The van der Waals surface area contributed by atoms with Gasteiger partial charge in [0.15, 0.2) is 0 Å². The minimum absolute atomic E-state index is 0.0784. The van der Waals surface area contributed by atoms with Gasteiger partial charge in [-0.15, -0.1) is 0 Å². The maximum absolute atomic E-state index is 11.9. The van der Waals surface area contributed by atoms with Crippen molar-refractivity contribution in [2.24, 2.45) is 11.7 Å². The zero-order valence-corrected chi connectivity index (χ0v) is 11.7. The van der Waals surface area contributed by atoms with Gasteiger partial charge in [-0.05, 0) is 31.9 Å². The SMILES string of the molecule is NCC1CCCCC1OC(=O)Nc1cccc([N+](=O)[O-])c1. The highest BCUT2D eigenvalue weighted by Gasteiger charge is 2.27. The summed E-state index contributed by atoms with van der Waals surface area (Å²) in [7, 11) is 0. The van der Waals surface area contributed by atoms with E-state index in [2.05, 4.69) is 5.32 Å². The third-order valence-electron chi connectivity index (χ3n) is 3.70. The van der Waals surface area contributed by atoms with E-state index >= 15 is 0 Å². The molecule has 7 heteroatoms. The molecule has 1 amide bonds. The maximum atomic E-state index is 11.9. The Kier molecular flexibility index (Phi) is 5.10. The second-order valence-electron chi connectivity index (χ2n) is 5.16. The second kappa shape index (κ2) is 7.03. The highest BCUT2D eigenvalue weighted by atomic mass is 16.6. The molecule has 21 heavy (non-hydrogen) atoms. The monoisotopic (exact) mass is 293 g/mol. The average Bonchev–Trinajstić information content (AvgIpc) is 2.48. The molecule has 2 unspecified atom stereocenters. The molecular weight excluding hydrogens is 274 g/mol. The van der Waals surface area contributed by atoms with Crippen LogP contribution in [0.15, 0.2) is 24.3 Å². The first kappa shape index (κ1) is 15.2. The molecule has 0 saturated heterocycles. The number of anilines is 1. The first-order chi connectivity index (χ1) is 10.1. The summed E-state index contributed by atoms with van der Waals surface area (Å²) < 4.78 is 5.40. The van der Waals surface area contributed by atoms with Crippen molar-refractivity contribution in [3.05, 3.63) is 34.4 Å². The Morgan fingerprint density at radius 3 is 2.90 bits per heavy atom. The Morgan fingerprint density at radius 1 is 1.43 bits per heavy atom. The summed E-state index contributed by atoms with van der Waals surface area (Å²) in [6.07, 6.45) is 3.12. The lowest BCUT2D eigenvalue weighted by molar-refractivity contribution is -0.384. The number of hydrogen-bond acceptors (Lipinski definition) is 5. The van der Waals surface area contributed by atoms with Gasteiger partial charge in [0.2, 0.25) is 0 Å². The van der Waals surface area contributed by atoms with Crippen molar-refractivity contribution < 1.29 is 14.5 Å². The van der Waals surface area contributed by atoms with Gasteiger partial charge >= 0.3 is 6.09 Å².